The molecule has 24 heavy (non-hydrogen) atoms. The second-order valence-corrected chi connectivity index (χ2v) is 5.76. The summed E-state index contributed by atoms with van der Waals surface area (Å²) in [6.07, 6.45) is 0. The van der Waals surface area contributed by atoms with Crippen LogP contribution in [-0.4, -0.2) is 11.8 Å². The van der Waals surface area contributed by atoms with Gasteiger partial charge in [0, 0.05) is 0 Å². The number of rotatable bonds is 3. The fourth-order valence-electron chi connectivity index (χ4n) is 3.31. The minimum Gasteiger partial charge on any atom is -0.272 e. The largest absolute Gasteiger partial charge is 0.272 e. The Morgan fingerprint density at radius 3 is 1.33 bits per heavy atom. The van der Waals surface area contributed by atoms with Crippen molar-refractivity contribution >= 4 is 17.5 Å². The number of hydrogen-bond donors (Lipinski definition) is 0. The molecule has 0 bridgehead atoms. The Morgan fingerprint density at radius 1 is 0.542 bits per heavy atom. The summed E-state index contributed by atoms with van der Waals surface area (Å²) in [6.45, 7) is 0. The highest BCUT2D eigenvalue weighted by Crippen LogP contribution is 2.45. The van der Waals surface area contributed by atoms with Gasteiger partial charge >= 0.3 is 0 Å². The van der Waals surface area contributed by atoms with Gasteiger partial charge in [-0.15, -0.1) is 0 Å². The molecule has 1 fully saturated rings. The van der Waals surface area contributed by atoms with Gasteiger partial charge in [0.25, 0.3) is 11.8 Å². The van der Waals surface area contributed by atoms with Crippen LogP contribution in [0.5, 0.6) is 0 Å². The zero-order valence-corrected chi connectivity index (χ0v) is 12.9. The molecule has 0 saturated carbocycles. The molecule has 1 aliphatic rings. The van der Waals surface area contributed by atoms with Gasteiger partial charge in [-0.2, -0.15) is 0 Å². The first kappa shape index (κ1) is 14.4. The van der Waals surface area contributed by atoms with E-state index in [4.69, 9.17) is 0 Å². The molecular weight excluding hydrogens is 298 g/mol. The van der Waals surface area contributed by atoms with E-state index in [2.05, 4.69) is 0 Å². The van der Waals surface area contributed by atoms with Crippen LogP contribution < -0.4 is 4.90 Å². The highest BCUT2D eigenvalue weighted by Gasteiger charge is 2.63. The molecule has 116 valence electrons. The third kappa shape index (κ3) is 1.85. The number of amides is 2. The summed E-state index contributed by atoms with van der Waals surface area (Å²) in [4.78, 5) is 27.7. The number of nitrogens with zero attached hydrogens (tertiary/aromatic N) is 1. The Morgan fingerprint density at radius 2 is 0.917 bits per heavy atom. The molecule has 0 aromatic heterocycles. The highest BCUT2D eigenvalue weighted by molar-refractivity contribution is 6.41. The summed E-state index contributed by atoms with van der Waals surface area (Å²) in [5.41, 5.74) is 0.769. The fourth-order valence-corrected chi connectivity index (χ4v) is 3.31. The maximum Gasteiger partial charge on any atom is 0.258 e. The van der Waals surface area contributed by atoms with Crippen LogP contribution in [0.15, 0.2) is 91.0 Å². The smallest absolute Gasteiger partial charge is 0.258 e. The topological polar surface area (TPSA) is 37.4 Å². The summed E-state index contributed by atoms with van der Waals surface area (Å²) in [5.74, 6) is -0.424. The number of benzene rings is 3. The van der Waals surface area contributed by atoms with E-state index in [1.165, 1.54) is 4.90 Å². The number of imide groups is 1. The molecule has 0 atom stereocenters. The third-order valence-corrected chi connectivity index (χ3v) is 4.48. The van der Waals surface area contributed by atoms with Crippen LogP contribution in [0, 0.1) is 0 Å². The van der Waals surface area contributed by atoms with Crippen LogP contribution in [-0.2, 0) is 15.0 Å². The molecule has 0 radical (unpaired) electrons. The van der Waals surface area contributed by atoms with Crippen molar-refractivity contribution in [3.05, 3.63) is 102 Å². The minimum absolute atomic E-state index is 0.212. The SMILES string of the molecule is O=C1N(c2ccccc2)C(=O)C1(c1ccccc1)c1ccccc1. The van der Waals surface area contributed by atoms with E-state index < -0.39 is 5.41 Å². The van der Waals surface area contributed by atoms with Crippen molar-refractivity contribution in [2.75, 3.05) is 4.90 Å². The van der Waals surface area contributed by atoms with Crippen molar-refractivity contribution < 1.29 is 9.59 Å². The molecule has 3 aromatic carbocycles. The lowest BCUT2D eigenvalue weighted by atomic mass is 9.66. The van der Waals surface area contributed by atoms with Gasteiger partial charge in [0.15, 0.2) is 5.41 Å². The van der Waals surface area contributed by atoms with Gasteiger partial charge in [-0.3, -0.25) is 9.59 Å². The molecule has 0 spiro atoms. The van der Waals surface area contributed by atoms with E-state index in [9.17, 15) is 9.59 Å². The summed E-state index contributed by atoms with van der Waals surface area (Å²) < 4.78 is 0. The molecule has 1 saturated heterocycles. The molecular formula is C21H15NO2. The van der Waals surface area contributed by atoms with Gasteiger partial charge in [0.05, 0.1) is 5.69 Å². The average molecular weight is 313 g/mol. The number of hydrogen-bond acceptors (Lipinski definition) is 2. The maximum atomic E-state index is 13.2. The summed E-state index contributed by atoms with van der Waals surface area (Å²) in [5, 5.41) is 0. The van der Waals surface area contributed by atoms with Crippen LogP contribution in [0.4, 0.5) is 5.69 Å². The van der Waals surface area contributed by atoms with E-state index in [-0.39, 0.29) is 11.8 Å². The minimum atomic E-state index is -1.25. The predicted octanol–water partition coefficient (Wildman–Crippen LogP) is 3.55. The standard InChI is InChI=1S/C21H15NO2/c23-19-21(16-10-4-1-5-11-16,17-12-6-2-7-13-17)20(24)22(19)18-14-8-3-9-15-18/h1-15H. The predicted molar refractivity (Wildman–Crippen MR) is 92.6 cm³/mol. The Bertz CT molecular complexity index is 831. The normalized spacial score (nSPS) is 15.9. The van der Waals surface area contributed by atoms with Gasteiger partial charge in [-0.1, -0.05) is 78.9 Å². The van der Waals surface area contributed by atoms with Gasteiger partial charge in [-0.25, -0.2) is 4.90 Å². The summed E-state index contributed by atoms with van der Waals surface area (Å²) in [6, 6.07) is 27.6. The molecule has 0 N–H and O–H groups in total. The Labute approximate surface area is 140 Å². The molecule has 2 amide bonds. The zero-order valence-electron chi connectivity index (χ0n) is 12.9. The third-order valence-electron chi connectivity index (χ3n) is 4.48. The van der Waals surface area contributed by atoms with Crippen molar-refractivity contribution in [2.45, 2.75) is 5.41 Å². The van der Waals surface area contributed by atoms with Crippen LogP contribution in [0.1, 0.15) is 11.1 Å². The molecule has 1 heterocycles. The average Bonchev–Trinajstić information content (AvgIpc) is 2.65. The molecule has 3 nitrogen and oxygen atoms in total. The Hall–Kier alpha value is -3.20. The molecule has 4 rings (SSSR count). The maximum absolute atomic E-state index is 13.2. The Balaban J connectivity index is 1.88. The van der Waals surface area contributed by atoms with Crippen molar-refractivity contribution in [1.82, 2.24) is 0 Å². The highest BCUT2D eigenvalue weighted by atomic mass is 16.2. The van der Waals surface area contributed by atoms with Gasteiger partial charge in [-0.05, 0) is 23.3 Å². The second kappa shape index (κ2) is 5.46. The molecule has 0 unspecified atom stereocenters. The first-order valence-electron chi connectivity index (χ1n) is 7.81. The van der Waals surface area contributed by atoms with Crippen LogP contribution >= 0.6 is 0 Å². The summed E-state index contributed by atoms with van der Waals surface area (Å²) >= 11 is 0. The number of β-lactam (4-membered cyclic amide) rings is 2. The van der Waals surface area contributed by atoms with Crippen LogP contribution in [0.2, 0.25) is 0 Å². The van der Waals surface area contributed by atoms with Crippen LogP contribution in [0.25, 0.3) is 0 Å². The van der Waals surface area contributed by atoms with E-state index in [0.717, 1.165) is 0 Å². The summed E-state index contributed by atoms with van der Waals surface area (Å²) in [7, 11) is 0. The monoisotopic (exact) mass is 313 g/mol. The quantitative estimate of drug-likeness (QED) is 0.548. The Kier molecular flexibility index (Phi) is 3.28. The number of carbonyl (C=O) groups excluding carboxylic acids is 2. The first-order valence-corrected chi connectivity index (χ1v) is 7.81. The first-order chi connectivity index (χ1) is 11.8. The van der Waals surface area contributed by atoms with Crippen LogP contribution in [0.3, 0.4) is 0 Å². The van der Waals surface area contributed by atoms with Crippen molar-refractivity contribution in [2.24, 2.45) is 0 Å². The zero-order chi connectivity index (χ0) is 16.6. The van der Waals surface area contributed by atoms with E-state index in [0.29, 0.717) is 16.8 Å². The molecule has 3 heteroatoms. The lowest BCUT2D eigenvalue weighted by Gasteiger charge is -2.46. The van der Waals surface area contributed by atoms with Gasteiger partial charge in [0.1, 0.15) is 0 Å². The van der Waals surface area contributed by atoms with Crippen molar-refractivity contribution in [3.63, 3.8) is 0 Å². The number of anilines is 1. The lowest BCUT2D eigenvalue weighted by molar-refractivity contribution is -0.143. The second-order valence-electron chi connectivity index (χ2n) is 5.76. The molecule has 3 aromatic rings. The van der Waals surface area contributed by atoms with Gasteiger partial charge in [0.2, 0.25) is 0 Å². The number of para-hydroxylation sites is 1. The van der Waals surface area contributed by atoms with Crippen molar-refractivity contribution in [3.8, 4) is 0 Å². The van der Waals surface area contributed by atoms with E-state index in [1.807, 2.05) is 78.9 Å². The fraction of sp³-hybridized carbons (Fsp3) is 0.0476. The molecule has 0 aliphatic carbocycles. The van der Waals surface area contributed by atoms with Gasteiger partial charge < -0.3 is 0 Å². The lowest BCUT2D eigenvalue weighted by Crippen LogP contribution is -2.69. The van der Waals surface area contributed by atoms with E-state index >= 15 is 0 Å². The van der Waals surface area contributed by atoms with E-state index in [1.54, 1.807) is 12.1 Å². The molecule has 1 aliphatic heterocycles. The number of carbonyl (C=O) groups is 2. The van der Waals surface area contributed by atoms with Crippen molar-refractivity contribution in [1.29, 1.82) is 0 Å².